The van der Waals surface area contributed by atoms with Gasteiger partial charge in [-0.3, -0.25) is 5.14 Å². The lowest BCUT2D eigenvalue weighted by atomic mass is 9.94. The van der Waals surface area contributed by atoms with Gasteiger partial charge in [-0.1, -0.05) is 69.5 Å². The second-order valence-electron chi connectivity index (χ2n) is 7.28. The van der Waals surface area contributed by atoms with E-state index in [1.807, 2.05) is 38.5 Å². The molecule has 6 N–H and O–H groups in total. The van der Waals surface area contributed by atoms with E-state index in [0.29, 0.717) is 12.5 Å². The zero-order valence-electron chi connectivity index (χ0n) is 21.3. The molecular formula is C25H42BrN7S. The largest absolute Gasteiger partial charge is 0.366 e. The first-order valence-electron chi connectivity index (χ1n) is 12.1. The van der Waals surface area contributed by atoms with Crippen molar-refractivity contribution in [1.29, 1.82) is 0 Å². The third-order valence-corrected chi connectivity index (χ3v) is 5.75. The number of nitrogens with zero attached hydrogens (tertiary/aromatic N) is 3. The Morgan fingerprint density at radius 2 is 1.88 bits per heavy atom. The van der Waals surface area contributed by atoms with Crippen molar-refractivity contribution in [2.45, 2.75) is 52.9 Å². The average Bonchev–Trinajstić information content (AvgIpc) is 3.12. The quantitative estimate of drug-likeness (QED) is 0.367. The fourth-order valence-electron chi connectivity index (χ4n) is 3.58. The fraction of sp³-hybridized carbons (Fsp3) is 0.520. The Bertz CT molecular complexity index is 931. The van der Waals surface area contributed by atoms with Gasteiger partial charge < -0.3 is 16.4 Å². The van der Waals surface area contributed by atoms with E-state index >= 15 is 0 Å². The second kappa shape index (κ2) is 17.7. The highest BCUT2D eigenvalue weighted by Gasteiger charge is 2.19. The molecule has 0 radical (unpaired) electrons. The molecule has 1 aliphatic carbocycles. The van der Waals surface area contributed by atoms with Gasteiger partial charge in [0.05, 0.1) is 10.7 Å². The lowest BCUT2D eigenvalue weighted by Crippen LogP contribution is -2.27. The maximum absolute atomic E-state index is 5.76. The van der Waals surface area contributed by atoms with Crippen molar-refractivity contribution in [3.05, 3.63) is 57.9 Å². The fourth-order valence-corrected chi connectivity index (χ4v) is 3.93. The van der Waals surface area contributed by atoms with Crippen molar-refractivity contribution >= 4 is 39.3 Å². The number of hydrogen-bond donors (Lipinski definition) is 4. The van der Waals surface area contributed by atoms with Gasteiger partial charge >= 0.3 is 0 Å². The number of aromatic nitrogens is 3. The Hall–Kier alpha value is -1.65. The lowest BCUT2D eigenvalue weighted by Gasteiger charge is -2.23. The number of nitrogens with one attached hydrogen (secondary N) is 2. The normalized spacial score (nSPS) is 15.4. The molecule has 2 aromatic heterocycles. The monoisotopic (exact) mass is 551 g/mol. The topological polar surface area (TPSA) is 106 Å². The number of anilines is 1. The molecule has 34 heavy (non-hydrogen) atoms. The van der Waals surface area contributed by atoms with E-state index in [1.165, 1.54) is 23.1 Å². The molecule has 9 heteroatoms. The second-order valence-corrected chi connectivity index (χ2v) is 8.61. The van der Waals surface area contributed by atoms with Crippen LogP contribution in [0.5, 0.6) is 0 Å². The Balaban J connectivity index is 0.000000750. The zero-order chi connectivity index (χ0) is 25.3. The molecule has 1 aliphatic heterocycles. The molecule has 0 amide bonds. The first kappa shape index (κ1) is 30.4. The number of piperidine rings is 1. The van der Waals surface area contributed by atoms with Gasteiger partial charge in [0.15, 0.2) is 5.65 Å². The number of nitrogens with two attached hydrogens (primary N) is 2. The highest BCUT2D eigenvalue weighted by molar-refractivity contribution is 9.10. The number of rotatable bonds is 5. The van der Waals surface area contributed by atoms with E-state index < -0.39 is 0 Å². The Morgan fingerprint density at radius 3 is 2.53 bits per heavy atom. The van der Waals surface area contributed by atoms with Crippen molar-refractivity contribution in [1.82, 2.24) is 19.9 Å². The van der Waals surface area contributed by atoms with E-state index in [9.17, 15) is 0 Å². The van der Waals surface area contributed by atoms with Crippen LogP contribution in [-0.4, -0.2) is 47.0 Å². The van der Waals surface area contributed by atoms with Gasteiger partial charge in [0, 0.05) is 30.8 Å². The minimum Gasteiger partial charge on any atom is -0.366 e. The third-order valence-electron chi connectivity index (χ3n) is 5.19. The number of fused-ring (bicyclic) bond motifs is 1. The maximum Gasteiger partial charge on any atom is 0.171 e. The lowest BCUT2D eigenvalue weighted by molar-refractivity contribution is 0.453. The van der Waals surface area contributed by atoms with Gasteiger partial charge in [0.25, 0.3) is 0 Å². The van der Waals surface area contributed by atoms with Crippen LogP contribution in [0, 0.1) is 0 Å². The molecule has 0 bridgehead atoms. The van der Waals surface area contributed by atoms with Gasteiger partial charge in [-0.25, -0.2) is 4.98 Å². The summed E-state index contributed by atoms with van der Waals surface area (Å²) >= 11 is 4.83. The van der Waals surface area contributed by atoms with Gasteiger partial charge in [-0.05, 0) is 60.1 Å². The van der Waals surface area contributed by atoms with Crippen molar-refractivity contribution in [2.24, 2.45) is 10.9 Å². The summed E-state index contributed by atoms with van der Waals surface area (Å²) in [6.07, 6.45) is 15.4. The molecule has 190 valence electrons. The molecule has 2 aromatic rings. The molecule has 4 rings (SSSR count). The van der Waals surface area contributed by atoms with Gasteiger partial charge in [-0.2, -0.15) is 9.61 Å². The smallest absolute Gasteiger partial charge is 0.171 e. The first-order valence-corrected chi connectivity index (χ1v) is 14.2. The predicted octanol–water partition coefficient (Wildman–Crippen LogP) is 5.42. The number of allylic oxidation sites excluding steroid dienone is 3. The summed E-state index contributed by atoms with van der Waals surface area (Å²) in [5, 5.41) is 16.2. The summed E-state index contributed by atoms with van der Waals surface area (Å²) in [6.45, 7) is 11.4. The van der Waals surface area contributed by atoms with E-state index in [-0.39, 0.29) is 0 Å². The molecule has 0 spiro atoms. The molecule has 0 saturated carbocycles. The SMILES string of the molecule is CC.CC.CSN.NCC1=CC=C(CNc2cc(C3CCNCC3)nc3c(Br)cnn23)C=CC1. The van der Waals surface area contributed by atoms with Crippen LogP contribution in [0.1, 0.15) is 58.6 Å². The number of halogens is 1. The first-order chi connectivity index (χ1) is 16.7. The van der Waals surface area contributed by atoms with Crippen LogP contribution < -0.4 is 21.5 Å². The molecule has 0 aromatic carbocycles. The molecule has 1 fully saturated rings. The summed E-state index contributed by atoms with van der Waals surface area (Å²) in [5.74, 6) is 1.46. The van der Waals surface area contributed by atoms with Crippen LogP contribution in [0.2, 0.25) is 0 Å². The number of hydrogen-bond acceptors (Lipinski definition) is 7. The van der Waals surface area contributed by atoms with Gasteiger partial charge in [0.1, 0.15) is 5.82 Å². The van der Waals surface area contributed by atoms with Gasteiger partial charge in [0.2, 0.25) is 0 Å². The highest BCUT2D eigenvalue weighted by atomic mass is 79.9. The van der Waals surface area contributed by atoms with Crippen LogP contribution in [0.25, 0.3) is 5.65 Å². The summed E-state index contributed by atoms with van der Waals surface area (Å²) < 4.78 is 2.79. The summed E-state index contributed by atoms with van der Waals surface area (Å²) in [6, 6.07) is 2.16. The maximum atomic E-state index is 5.76. The highest BCUT2D eigenvalue weighted by Crippen LogP contribution is 2.28. The standard InChI is InChI=1S/C20H25BrN6.2C2H6.CH5NS/c21-17-13-25-27-19(24-12-15-3-1-2-14(11-22)4-5-15)10-18(26-20(17)27)16-6-8-23-9-7-16;2*1-2;1-3-2/h1,3-5,10,13,16,23-24H,2,6-9,11-12,22H2;2*1-2H3;2H2,1H3. The molecule has 0 unspecified atom stereocenters. The summed E-state index contributed by atoms with van der Waals surface area (Å²) in [5.41, 5.74) is 10.2. The predicted molar refractivity (Wildman–Crippen MR) is 153 cm³/mol. The van der Waals surface area contributed by atoms with Crippen molar-refractivity contribution in [3.8, 4) is 0 Å². The zero-order valence-corrected chi connectivity index (χ0v) is 23.7. The van der Waals surface area contributed by atoms with Gasteiger partial charge in [-0.15, -0.1) is 0 Å². The summed E-state index contributed by atoms with van der Waals surface area (Å²) in [7, 11) is 0. The Morgan fingerprint density at radius 1 is 1.21 bits per heavy atom. The minimum atomic E-state index is 0.491. The molecule has 0 atom stereocenters. The van der Waals surface area contributed by atoms with Crippen LogP contribution in [-0.2, 0) is 0 Å². The molecule has 7 nitrogen and oxygen atoms in total. The van der Waals surface area contributed by atoms with Crippen molar-refractivity contribution in [3.63, 3.8) is 0 Å². The van der Waals surface area contributed by atoms with Crippen LogP contribution in [0.15, 0.2) is 52.2 Å². The minimum absolute atomic E-state index is 0.491. The Labute approximate surface area is 218 Å². The molecule has 3 heterocycles. The van der Waals surface area contributed by atoms with E-state index in [2.05, 4.69) is 62.0 Å². The third kappa shape index (κ3) is 9.19. The van der Waals surface area contributed by atoms with Crippen LogP contribution in [0.3, 0.4) is 0 Å². The molecule has 2 aliphatic rings. The van der Waals surface area contributed by atoms with Crippen molar-refractivity contribution in [2.75, 3.05) is 37.8 Å². The van der Waals surface area contributed by atoms with Crippen LogP contribution >= 0.6 is 27.9 Å². The Kier molecular flexibility index (Phi) is 15.8. The summed E-state index contributed by atoms with van der Waals surface area (Å²) in [4.78, 5) is 4.88. The van der Waals surface area contributed by atoms with E-state index in [0.717, 1.165) is 60.5 Å². The molecule has 1 saturated heterocycles. The van der Waals surface area contributed by atoms with E-state index in [1.54, 1.807) is 6.20 Å². The molecular weight excluding hydrogens is 510 g/mol. The van der Waals surface area contributed by atoms with E-state index in [4.69, 9.17) is 15.9 Å². The van der Waals surface area contributed by atoms with Crippen LogP contribution in [0.4, 0.5) is 5.82 Å². The average molecular weight is 553 g/mol. The van der Waals surface area contributed by atoms with Crippen molar-refractivity contribution < 1.29 is 0 Å².